The molecular formula is C22H26O9. The Morgan fingerprint density at radius 3 is 2.13 bits per heavy atom. The summed E-state index contributed by atoms with van der Waals surface area (Å²) in [6.07, 6.45) is 2.90. The second-order valence-electron chi connectivity index (χ2n) is 6.08. The summed E-state index contributed by atoms with van der Waals surface area (Å²) in [6, 6.07) is 7.95. The second kappa shape index (κ2) is 12.4. The van der Waals surface area contributed by atoms with E-state index >= 15 is 0 Å². The first-order chi connectivity index (χ1) is 15.0. The van der Waals surface area contributed by atoms with Crippen LogP contribution < -0.4 is 18.9 Å². The number of hydrogen-bond donors (Lipinski definition) is 1. The van der Waals surface area contributed by atoms with Gasteiger partial charge in [-0.2, -0.15) is 0 Å². The van der Waals surface area contributed by atoms with Crippen molar-refractivity contribution >= 4 is 11.9 Å². The number of benzene rings is 2. The highest BCUT2D eigenvalue weighted by Gasteiger charge is 2.18. The van der Waals surface area contributed by atoms with Gasteiger partial charge in [0.25, 0.3) is 0 Å². The number of rotatable bonds is 13. The summed E-state index contributed by atoms with van der Waals surface area (Å²) < 4.78 is 36.1. The number of phenols is 1. The van der Waals surface area contributed by atoms with Gasteiger partial charge < -0.3 is 38.3 Å². The Morgan fingerprint density at radius 1 is 0.839 bits per heavy atom. The van der Waals surface area contributed by atoms with Gasteiger partial charge in [0, 0.05) is 33.5 Å². The van der Waals surface area contributed by atoms with Gasteiger partial charge in [0.15, 0.2) is 37.7 Å². The van der Waals surface area contributed by atoms with Crippen LogP contribution in [0.1, 0.15) is 15.9 Å². The lowest BCUT2D eigenvalue weighted by atomic mass is 10.1. The quantitative estimate of drug-likeness (QED) is 0.289. The fraction of sp³-hybridized carbons (Fsp3) is 0.318. The molecule has 0 radical (unpaired) electrons. The number of hydrogen-bond acceptors (Lipinski definition) is 9. The lowest BCUT2D eigenvalue weighted by Crippen LogP contribution is -2.07. The van der Waals surface area contributed by atoms with E-state index in [-0.39, 0.29) is 43.2 Å². The van der Waals surface area contributed by atoms with Crippen LogP contribution in [0.5, 0.6) is 28.7 Å². The summed E-state index contributed by atoms with van der Waals surface area (Å²) in [5.41, 5.74) is 0.666. The van der Waals surface area contributed by atoms with Gasteiger partial charge in [-0.05, 0) is 23.8 Å². The first-order valence-corrected chi connectivity index (χ1v) is 9.16. The van der Waals surface area contributed by atoms with Crippen LogP contribution in [-0.2, 0) is 14.2 Å². The summed E-state index contributed by atoms with van der Waals surface area (Å²) in [5, 5.41) is 10.4. The molecule has 31 heavy (non-hydrogen) atoms. The Kier molecular flexibility index (Phi) is 9.63. The van der Waals surface area contributed by atoms with E-state index in [4.69, 9.17) is 33.2 Å². The third kappa shape index (κ3) is 6.88. The van der Waals surface area contributed by atoms with E-state index in [0.29, 0.717) is 17.1 Å². The molecular weight excluding hydrogens is 408 g/mol. The van der Waals surface area contributed by atoms with E-state index in [1.807, 2.05) is 0 Å². The maximum atomic E-state index is 12.8. The first kappa shape index (κ1) is 24.0. The van der Waals surface area contributed by atoms with Gasteiger partial charge in [0.2, 0.25) is 0 Å². The van der Waals surface area contributed by atoms with Crippen molar-refractivity contribution in [2.24, 2.45) is 0 Å². The minimum Gasteiger partial charge on any atom is -0.507 e. The molecule has 2 rings (SSSR count). The molecule has 2 aromatic carbocycles. The van der Waals surface area contributed by atoms with Crippen LogP contribution in [0.3, 0.4) is 0 Å². The number of methoxy groups -OCH3 is 4. The highest BCUT2D eigenvalue weighted by molar-refractivity contribution is 6.10. The Hall–Kier alpha value is -3.27. The Bertz CT molecular complexity index is 893. The van der Waals surface area contributed by atoms with Crippen LogP contribution in [0, 0.1) is 0 Å². The maximum absolute atomic E-state index is 12.8. The van der Waals surface area contributed by atoms with Crippen LogP contribution in [0.2, 0.25) is 0 Å². The topological polar surface area (TPSA) is 102 Å². The third-order valence-electron chi connectivity index (χ3n) is 3.92. The SMILES string of the molecule is COCOc1cc(O)c(C(=O)/C=C/c2ccc(OCOC)c(OC)c2)c(OCOC)c1. The predicted molar refractivity (Wildman–Crippen MR) is 112 cm³/mol. The monoisotopic (exact) mass is 434 g/mol. The van der Waals surface area contributed by atoms with Gasteiger partial charge in [-0.3, -0.25) is 4.79 Å². The van der Waals surface area contributed by atoms with Crippen LogP contribution in [0.15, 0.2) is 36.4 Å². The molecule has 1 N–H and O–H groups in total. The van der Waals surface area contributed by atoms with E-state index in [0.717, 1.165) is 0 Å². The Labute approximate surface area is 180 Å². The van der Waals surface area contributed by atoms with Gasteiger partial charge in [-0.25, -0.2) is 0 Å². The van der Waals surface area contributed by atoms with Crippen LogP contribution in [0.25, 0.3) is 6.08 Å². The molecule has 0 aliphatic heterocycles. The van der Waals surface area contributed by atoms with Crippen LogP contribution in [-0.4, -0.2) is 59.7 Å². The van der Waals surface area contributed by atoms with Crippen molar-refractivity contribution in [3.8, 4) is 28.7 Å². The van der Waals surface area contributed by atoms with Crippen molar-refractivity contribution in [3.05, 3.63) is 47.5 Å². The second-order valence-corrected chi connectivity index (χ2v) is 6.08. The molecule has 0 spiro atoms. The van der Waals surface area contributed by atoms with Crippen LogP contribution in [0.4, 0.5) is 0 Å². The van der Waals surface area contributed by atoms with Crippen molar-refractivity contribution in [1.29, 1.82) is 0 Å². The molecule has 168 valence electrons. The molecule has 0 heterocycles. The van der Waals surface area contributed by atoms with Crippen molar-refractivity contribution in [2.75, 3.05) is 48.8 Å². The average Bonchev–Trinajstić information content (AvgIpc) is 2.78. The molecule has 0 aliphatic rings. The highest BCUT2D eigenvalue weighted by Crippen LogP contribution is 2.35. The van der Waals surface area contributed by atoms with E-state index < -0.39 is 5.78 Å². The average molecular weight is 434 g/mol. The van der Waals surface area contributed by atoms with E-state index in [2.05, 4.69) is 0 Å². The zero-order valence-electron chi connectivity index (χ0n) is 17.9. The number of carbonyl (C=O) groups excluding carboxylic acids is 1. The molecule has 0 amide bonds. The molecule has 0 atom stereocenters. The number of allylic oxidation sites excluding steroid dienone is 1. The van der Waals surface area contributed by atoms with Crippen molar-refractivity contribution in [2.45, 2.75) is 0 Å². The molecule has 2 aromatic rings. The van der Waals surface area contributed by atoms with Gasteiger partial charge in [0.05, 0.1) is 7.11 Å². The number of carbonyl (C=O) groups is 1. The number of ether oxygens (including phenoxy) is 7. The van der Waals surface area contributed by atoms with E-state index in [9.17, 15) is 9.90 Å². The lowest BCUT2D eigenvalue weighted by Gasteiger charge is -2.13. The Morgan fingerprint density at radius 2 is 1.48 bits per heavy atom. The molecule has 0 aromatic heterocycles. The molecule has 0 fully saturated rings. The summed E-state index contributed by atoms with van der Waals surface area (Å²) in [6.45, 7) is -0.0583. The van der Waals surface area contributed by atoms with E-state index in [1.54, 1.807) is 24.3 Å². The zero-order chi connectivity index (χ0) is 22.6. The largest absolute Gasteiger partial charge is 0.507 e. The van der Waals surface area contributed by atoms with Crippen LogP contribution >= 0.6 is 0 Å². The van der Waals surface area contributed by atoms with Gasteiger partial charge in [-0.1, -0.05) is 12.1 Å². The first-order valence-electron chi connectivity index (χ1n) is 9.16. The highest BCUT2D eigenvalue weighted by atomic mass is 16.7. The molecule has 9 heteroatoms. The smallest absolute Gasteiger partial charge is 0.193 e. The normalized spacial score (nSPS) is 10.8. The Balaban J connectivity index is 2.28. The van der Waals surface area contributed by atoms with Crippen molar-refractivity contribution in [1.82, 2.24) is 0 Å². The minimum atomic E-state index is -0.472. The van der Waals surface area contributed by atoms with Gasteiger partial charge >= 0.3 is 0 Å². The number of ketones is 1. The molecule has 0 unspecified atom stereocenters. The molecule has 0 bridgehead atoms. The summed E-state index contributed by atoms with van der Waals surface area (Å²) in [5.74, 6) is 0.618. The predicted octanol–water partition coefficient (Wildman–Crippen LogP) is 3.25. The summed E-state index contributed by atoms with van der Waals surface area (Å²) in [4.78, 5) is 12.8. The number of aromatic hydroxyl groups is 1. The lowest BCUT2D eigenvalue weighted by molar-refractivity contribution is 0.0453. The van der Waals surface area contributed by atoms with Crippen molar-refractivity contribution < 1.29 is 43.1 Å². The van der Waals surface area contributed by atoms with Crippen molar-refractivity contribution in [3.63, 3.8) is 0 Å². The van der Waals surface area contributed by atoms with E-state index in [1.165, 1.54) is 46.6 Å². The standard InChI is InChI=1S/C22H26O9/c1-25-12-29-16-10-18(24)22(21(11-16)31-14-27-3)17(23)7-5-15-6-8-19(30-13-26-2)20(9-15)28-4/h5-11,24H,12-14H2,1-4H3/b7-5+. The fourth-order valence-corrected chi connectivity index (χ4v) is 2.56. The molecule has 0 aliphatic carbocycles. The minimum absolute atomic E-state index is 0.0231. The summed E-state index contributed by atoms with van der Waals surface area (Å²) >= 11 is 0. The fourth-order valence-electron chi connectivity index (χ4n) is 2.56. The third-order valence-corrected chi connectivity index (χ3v) is 3.92. The maximum Gasteiger partial charge on any atom is 0.193 e. The zero-order valence-corrected chi connectivity index (χ0v) is 17.9. The number of phenolic OH excluding ortho intramolecular Hbond substituents is 1. The molecule has 0 saturated carbocycles. The van der Waals surface area contributed by atoms with Gasteiger partial charge in [0.1, 0.15) is 22.8 Å². The molecule has 9 nitrogen and oxygen atoms in total. The summed E-state index contributed by atoms with van der Waals surface area (Å²) in [7, 11) is 5.94. The molecule has 0 saturated heterocycles. The van der Waals surface area contributed by atoms with Gasteiger partial charge in [-0.15, -0.1) is 0 Å².